The molecule has 2 aromatic carbocycles. The maximum atomic E-state index is 12.2. The predicted octanol–water partition coefficient (Wildman–Crippen LogP) is 2.90. The molecule has 2 N–H and O–H groups in total. The number of rotatable bonds is 9. The molecule has 0 aliphatic heterocycles. The van der Waals surface area contributed by atoms with Crippen LogP contribution in [0.15, 0.2) is 48.5 Å². The van der Waals surface area contributed by atoms with Crippen molar-refractivity contribution in [3.63, 3.8) is 0 Å². The van der Waals surface area contributed by atoms with E-state index in [4.69, 9.17) is 9.47 Å². The largest absolute Gasteiger partial charge is 0.497 e. The molecule has 1 heterocycles. The number of para-hydroxylation sites is 1. The van der Waals surface area contributed by atoms with Crippen LogP contribution in [0.2, 0.25) is 0 Å². The lowest BCUT2D eigenvalue weighted by Gasteiger charge is -2.06. The summed E-state index contributed by atoms with van der Waals surface area (Å²) in [6, 6.07) is 14.5. The number of benzene rings is 2. The number of methoxy groups -OCH3 is 2. The van der Waals surface area contributed by atoms with Crippen molar-refractivity contribution in [1.82, 2.24) is 15.5 Å². The van der Waals surface area contributed by atoms with Crippen LogP contribution in [0.1, 0.15) is 27.3 Å². The van der Waals surface area contributed by atoms with E-state index in [1.807, 2.05) is 24.3 Å². The summed E-state index contributed by atoms with van der Waals surface area (Å²) >= 11 is 1.30. The zero-order chi connectivity index (χ0) is 21.3. The average molecular weight is 426 g/mol. The van der Waals surface area contributed by atoms with Gasteiger partial charge in [-0.3, -0.25) is 9.59 Å². The van der Waals surface area contributed by atoms with E-state index in [2.05, 4.69) is 20.8 Å². The summed E-state index contributed by atoms with van der Waals surface area (Å²) < 4.78 is 10.4. The Labute approximate surface area is 178 Å². The third-order valence-electron chi connectivity index (χ3n) is 4.22. The van der Waals surface area contributed by atoms with Gasteiger partial charge >= 0.3 is 0 Å². The number of carbonyl (C=O) groups is 2. The highest BCUT2D eigenvalue weighted by molar-refractivity contribution is 7.15. The maximum Gasteiger partial charge on any atom is 0.251 e. The average Bonchev–Trinajstić information content (AvgIpc) is 3.20. The monoisotopic (exact) mass is 426 g/mol. The van der Waals surface area contributed by atoms with Crippen LogP contribution < -0.4 is 20.1 Å². The first kappa shape index (κ1) is 21.3. The normalized spacial score (nSPS) is 10.3. The molecule has 0 radical (unpaired) electrons. The topological polar surface area (TPSA) is 102 Å². The van der Waals surface area contributed by atoms with E-state index >= 15 is 0 Å². The lowest BCUT2D eigenvalue weighted by molar-refractivity contribution is -0.116. The second-order valence-corrected chi connectivity index (χ2v) is 7.34. The van der Waals surface area contributed by atoms with Crippen LogP contribution in [0.25, 0.3) is 0 Å². The molecule has 30 heavy (non-hydrogen) atoms. The van der Waals surface area contributed by atoms with Crippen LogP contribution in [-0.4, -0.2) is 42.8 Å². The molecular formula is C21H22N4O4S. The molecule has 3 rings (SSSR count). The third-order valence-corrected chi connectivity index (χ3v) is 5.06. The summed E-state index contributed by atoms with van der Waals surface area (Å²) in [5.41, 5.74) is 1.47. The van der Waals surface area contributed by atoms with Gasteiger partial charge in [-0.25, -0.2) is 0 Å². The highest BCUT2D eigenvalue weighted by Crippen LogP contribution is 2.24. The Kier molecular flexibility index (Phi) is 7.34. The van der Waals surface area contributed by atoms with Crippen LogP contribution in [0.4, 0.5) is 5.13 Å². The summed E-state index contributed by atoms with van der Waals surface area (Å²) in [6.07, 6.45) is 0.686. The number of anilines is 1. The van der Waals surface area contributed by atoms with Gasteiger partial charge in [0.25, 0.3) is 5.91 Å². The zero-order valence-electron chi connectivity index (χ0n) is 16.7. The van der Waals surface area contributed by atoms with E-state index < -0.39 is 0 Å². The van der Waals surface area contributed by atoms with Crippen LogP contribution in [0.3, 0.4) is 0 Å². The Morgan fingerprint density at radius 2 is 1.87 bits per heavy atom. The number of carbonyl (C=O) groups excluding carboxylic acids is 2. The van der Waals surface area contributed by atoms with E-state index in [1.54, 1.807) is 31.4 Å². The lowest BCUT2D eigenvalue weighted by atomic mass is 10.1. The van der Waals surface area contributed by atoms with E-state index in [1.165, 1.54) is 18.4 Å². The number of hydrogen-bond donors (Lipinski definition) is 2. The van der Waals surface area contributed by atoms with E-state index in [0.29, 0.717) is 22.9 Å². The SMILES string of the molecule is COc1cccc(C(=O)NCCC(=O)Nc2nnc(Cc3ccccc3OC)s2)c1. The van der Waals surface area contributed by atoms with Gasteiger partial charge in [-0.05, 0) is 24.3 Å². The Morgan fingerprint density at radius 1 is 1.03 bits per heavy atom. The molecule has 3 aromatic rings. The molecule has 0 aliphatic rings. The summed E-state index contributed by atoms with van der Waals surface area (Å²) in [6.45, 7) is 0.203. The van der Waals surface area contributed by atoms with Gasteiger partial charge in [0.2, 0.25) is 11.0 Å². The van der Waals surface area contributed by atoms with Gasteiger partial charge in [0.05, 0.1) is 14.2 Å². The molecule has 9 heteroatoms. The van der Waals surface area contributed by atoms with Crippen molar-refractivity contribution in [2.24, 2.45) is 0 Å². The van der Waals surface area contributed by atoms with Gasteiger partial charge in [0.1, 0.15) is 16.5 Å². The Balaban J connectivity index is 1.47. The molecule has 0 fully saturated rings. The molecule has 0 saturated heterocycles. The minimum absolute atomic E-state index is 0.122. The number of ether oxygens (including phenoxy) is 2. The maximum absolute atomic E-state index is 12.2. The van der Waals surface area contributed by atoms with Gasteiger partial charge in [0.15, 0.2) is 0 Å². The molecule has 8 nitrogen and oxygen atoms in total. The lowest BCUT2D eigenvalue weighted by Crippen LogP contribution is -2.27. The zero-order valence-corrected chi connectivity index (χ0v) is 17.5. The minimum atomic E-state index is -0.267. The van der Waals surface area contributed by atoms with Gasteiger partial charge in [-0.15, -0.1) is 10.2 Å². The Bertz CT molecular complexity index is 1020. The van der Waals surface area contributed by atoms with E-state index in [0.717, 1.165) is 16.3 Å². The molecule has 156 valence electrons. The molecule has 0 unspecified atom stereocenters. The fourth-order valence-corrected chi connectivity index (χ4v) is 3.50. The smallest absolute Gasteiger partial charge is 0.251 e. The number of amides is 2. The molecule has 0 atom stereocenters. The van der Waals surface area contributed by atoms with Crippen LogP contribution in [0.5, 0.6) is 11.5 Å². The fraction of sp³-hybridized carbons (Fsp3) is 0.238. The highest BCUT2D eigenvalue weighted by atomic mass is 32.1. The fourth-order valence-electron chi connectivity index (χ4n) is 2.73. The highest BCUT2D eigenvalue weighted by Gasteiger charge is 2.12. The summed E-state index contributed by atoms with van der Waals surface area (Å²) in [5, 5.41) is 14.7. The molecule has 2 amide bonds. The van der Waals surface area contributed by atoms with Crippen molar-refractivity contribution in [2.75, 3.05) is 26.1 Å². The van der Waals surface area contributed by atoms with Gasteiger partial charge in [-0.1, -0.05) is 35.6 Å². The van der Waals surface area contributed by atoms with Crippen molar-refractivity contribution >= 4 is 28.3 Å². The molecule has 1 aromatic heterocycles. The standard InChI is InChI=1S/C21H22N4O4S/c1-28-16-8-5-7-15(12-16)20(27)22-11-10-18(26)23-21-25-24-19(30-21)13-14-6-3-4-9-17(14)29-2/h3-9,12H,10-11,13H2,1-2H3,(H,22,27)(H,23,25,26). The summed E-state index contributed by atoms with van der Waals surface area (Å²) in [5.74, 6) is 0.864. The Morgan fingerprint density at radius 3 is 2.67 bits per heavy atom. The van der Waals surface area contributed by atoms with Crippen LogP contribution in [-0.2, 0) is 11.2 Å². The first-order valence-electron chi connectivity index (χ1n) is 9.25. The summed E-state index contributed by atoms with van der Waals surface area (Å²) in [7, 11) is 3.16. The van der Waals surface area contributed by atoms with E-state index in [-0.39, 0.29) is 24.8 Å². The van der Waals surface area contributed by atoms with Crippen LogP contribution >= 0.6 is 11.3 Å². The van der Waals surface area contributed by atoms with E-state index in [9.17, 15) is 9.59 Å². The predicted molar refractivity (Wildman–Crippen MR) is 114 cm³/mol. The van der Waals surface area contributed by atoms with Crippen LogP contribution in [0, 0.1) is 0 Å². The number of hydrogen-bond acceptors (Lipinski definition) is 7. The second-order valence-electron chi connectivity index (χ2n) is 6.28. The third kappa shape index (κ3) is 5.77. The first-order chi connectivity index (χ1) is 14.6. The van der Waals surface area contributed by atoms with Crippen molar-refractivity contribution < 1.29 is 19.1 Å². The Hall–Kier alpha value is -3.46. The summed E-state index contributed by atoms with van der Waals surface area (Å²) in [4.78, 5) is 24.3. The molecule has 0 aliphatic carbocycles. The molecule has 0 bridgehead atoms. The van der Waals surface area contributed by atoms with Gasteiger partial charge < -0.3 is 20.1 Å². The quantitative estimate of drug-likeness (QED) is 0.545. The van der Waals surface area contributed by atoms with Gasteiger partial charge in [0, 0.05) is 30.5 Å². The molecule has 0 saturated carbocycles. The first-order valence-corrected chi connectivity index (χ1v) is 10.1. The van der Waals surface area contributed by atoms with Crippen molar-refractivity contribution in [3.05, 3.63) is 64.7 Å². The number of aromatic nitrogens is 2. The number of nitrogens with one attached hydrogen (secondary N) is 2. The van der Waals surface area contributed by atoms with Crippen molar-refractivity contribution in [1.29, 1.82) is 0 Å². The van der Waals surface area contributed by atoms with Gasteiger partial charge in [-0.2, -0.15) is 0 Å². The minimum Gasteiger partial charge on any atom is -0.497 e. The molecule has 0 spiro atoms. The van der Waals surface area contributed by atoms with Crippen molar-refractivity contribution in [2.45, 2.75) is 12.8 Å². The molecular weight excluding hydrogens is 404 g/mol. The second kappa shape index (κ2) is 10.4. The van der Waals surface area contributed by atoms with Crippen molar-refractivity contribution in [3.8, 4) is 11.5 Å². The number of nitrogens with zero attached hydrogens (tertiary/aromatic N) is 2.